The first-order valence-electron chi connectivity index (χ1n) is 7.32. The lowest BCUT2D eigenvalue weighted by molar-refractivity contribution is 0.133. The van der Waals surface area contributed by atoms with E-state index in [1.807, 2.05) is 6.92 Å². The number of amides is 1. The number of carbonyl (C=O) groups is 1. The molecule has 1 amide bonds. The number of aryl methyl sites for hydroxylation is 1. The van der Waals surface area contributed by atoms with Crippen molar-refractivity contribution in [2.45, 2.75) is 25.7 Å². The molecule has 3 rings (SSSR count). The maximum Gasteiger partial charge on any atom is 0.404 e. The first-order valence-corrected chi connectivity index (χ1v) is 7.32. The van der Waals surface area contributed by atoms with E-state index in [9.17, 15) is 9.18 Å². The first kappa shape index (κ1) is 14.7. The molecule has 0 bridgehead atoms. The largest absolute Gasteiger partial charge is 0.493 e. The van der Waals surface area contributed by atoms with E-state index in [0.717, 1.165) is 35.0 Å². The Kier molecular flexibility index (Phi) is 3.68. The third-order valence-corrected chi connectivity index (χ3v) is 4.45. The number of halogens is 1. The van der Waals surface area contributed by atoms with Crippen molar-refractivity contribution in [2.75, 3.05) is 13.7 Å². The van der Waals surface area contributed by atoms with Crippen LogP contribution in [-0.4, -0.2) is 24.8 Å². The molecule has 1 aromatic heterocycles. The number of hydrogen-bond acceptors (Lipinski definition) is 3. The summed E-state index contributed by atoms with van der Waals surface area (Å²) in [7, 11) is 1.47. The quantitative estimate of drug-likeness (QED) is 0.911. The summed E-state index contributed by atoms with van der Waals surface area (Å²) in [4.78, 5) is 14.1. The summed E-state index contributed by atoms with van der Waals surface area (Å²) >= 11 is 0. The van der Waals surface area contributed by atoms with Crippen molar-refractivity contribution in [3.05, 3.63) is 29.2 Å². The van der Waals surface area contributed by atoms with Crippen molar-refractivity contribution in [3.63, 3.8) is 0 Å². The van der Waals surface area contributed by atoms with Gasteiger partial charge in [0.15, 0.2) is 11.6 Å². The van der Waals surface area contributed by atoms with Gasteiger partial charge in [-0.2, -0.15) is 0 Å². The summed E-state index contributed by atoms with van der Waals surface area (Å²) in [6.07, 6.45) is 1.05. The van der Waals surface area contributed by atoms with Crippen LogP contribution in [0.25, 0.3) is 10.9 Å². The molecule has 0 fully saturated rings. The number of H-pyrrole nitrogens is 1. The van der Waals surface area contributed by atoms with Gasteiger partial charge >= 0.3 is 6.09 Å². The molecule has 3 N–H and O–H groups in total. The summed E-state index contributed by atoms with van der Waals surface area (Å²) in [5.41, 5.74) is 8.09. The van der Waals surface area contributed by atoms with Crippen LogP contribution in [0.5, 0.6) is 5.75 Å². The van der Waals surface area contributed by atoms with Gasteiger partial charge in [0.1, 0.15) is 0 Å². The van der Waals surface area contributed by atoms with E-state index in [4.69, 9.17) is 15.2 Å². The van der Waals surface area contributed by atoms with Gasteiger partial charge in [0, 0.05) is 16.6 Å². The van der Waals surface area contributed by atoms with Crippen LogP contribution >= 0.6 is 0 Å². The molecule has 0 saturated heterocycles. The molecule has 2 unspecified atom stereocenters. The summed E-state index contributed by atoms with van der Waals surface area (Å²) in [5, 5.41) is 0.797. The minimum atomic E-state index is -0.771. The molecule has 22 heavy (non-hydrogen) atoms. The number of rotatable bonds is 4. The fraction of sp³-hybridized carbons (Fsp3) is 0.438. The standard InChI is InChI=1S/C16H19FN2O3/c1-8(7-22-16(18)20)9-3-5-11-13(9)14-12(19-11)6-4-10(17)15(14)21-2/h4,6,8-9,19H,3,5,7H2,1-2H3,(H2,18,20). The molecule has 1 aliphatic carbocycles. The predicted octanol–water partition coefficient (Wildman–Crippen LogP) is 3.08. The van der Waals surface area contributed by atoms with E-state index < -0.39 is 6.09 Å². The van der Waals surface area contributed by atoms with Gasteiger partial charge in [-0.15, -0.1) is 0 Å². The smallest absolute Gasteiger partial charge is 0.404 e. The van der Waals surface area contributed by atoms with Crippen LogP contribution in [0.1, 0.15) is 30.5 Å². The predicted molar refractivity (Wildman–Crippen MR) is 80.6 cm³/mol. The third-order valence-electron chi connectivity index (χ3n) is 4.45. The molecule has 2 atom stereocenters. The zero-order valence-electron chi connectivity index (χ0n) is 12.6. The van der Waals surface area contributed by atoms with Crippen molar-refractivity contribution >= 4 is 17.0 Å². The van der Waals surface area contributed by atoms with Crippen molar-refractivity contribution in [3.8, 4) is 5.75 Å². The van der Waals surface area contributed by atoms with E-state index in [-0.39, 0.29) is 30.0 Å². The second-order valence-electron chi connectivity index (χ2n) is 5.77. The number of primary amides is 1. The summed E-state index contributed by atoms with van der Waals surface area (Å²) < 4.78 is 24.2. The van der Waals surface area contributed by atoms with Gasteiger partial charge in [0.05, 0.1) is 13.7 Å². The molecule has 1 aliphatic rings. The second-order valence-corrected chi connectivity index (χ2v) is 5.77. The highest BCUT2D eigenvalue weighted by Crippen LogP contribution is 2.46. The Labute approximate surface area is 127 Å². The average Bonchev–Trinajstić information content (AvgIpc) is 3.03. The number of nitrogens with one attached hydrogen (secondary N) is 1. The Morgan fingerprint density at radius 3 is 3.00 bits per heavy atom. The summed E-state index contributed by atoms with van der Waals surface area (Å²) in [6.45, 7) is 2.26. The lowest BCUT2D eigenvalue weighted by Gasteiger charge is -2.20. The fourth-order valence-corrected chi connectivity index (χ4v) is 3.46. The van der Waals surface area contributed by atoms with Crippen LogP contribution in [0.3, 0.4) is 0 Å². The molecule has 0 aliphatic heterocycles. The number of nitrogens with two attached hydrogens (primary N) is 1. The zero-order chi connectivity index (χ0) is 15.9. The molecule has 1 heterocycles. The van der Waals surface area contributed by atoms with Gasteiger partial charge in [-0.05, 0) is 42.4 Å². The highest BCUT2D eigenvalue weighted by atomic mass is 19.1. The maximum atomic E-state index is 14.0. The molecular weight excluding hydrogens is 287 g/mol. The highest BCUT2D eigenvalue weighted by Gasteiger charge is 2.33. The molecule has 2 aromatic rings. The number of benzene rings is 1. The van der Waals surface area contributed by atoms with Crippen LogP contribution in [0.15, 0.2) is 12.1 Å². The van der Waals surface area contributed by atoms with Crippen LogP contribution in [0.4, 0.5) is 9.18 Å². The number of ether oxygens (including phenoxy) is 2. The minimum absolute atomic E-state index is 0.0979. The van der Waals surface area contributed by atoms with Crippen molar-refractivity contribution in [2.24, 2.45) is 11.7 Å². The van der Waals surface area contributed by atoms with E-state index in [0.29, 0.717) is 0 Å². The van der Waals surface area contributed by atoms with E-state index in [2.05, 4.69) is 4.98 Å². The van der Waals surface area contributed by atoms with Crippen molar-refractivity contribution < 1.29 is 18.7 Å². The maximum absolute atomic E-state index is 14.0. The number of carbonyl (C=O) groups excluding carboxylic acids is 1. The Bertz CT molecular complexity index is 726. The van der Waals surface area contributed by atoms with Gasteiger partial charge in [0.25, 0.3) is 0 Å². The SMILES string of the molecule is COc1c(F)ccc2[nH]c3c(c12)C(C(C)COC(N)=O)CC3. The zero-order valence-corrected chi connectivity index (χ0v) is 12.6. The molecule has 0 radical (unpaired) electrons. The number of fused-ring (bicyclic) bond motifs is 3. The molecule has 0 spiro atoms. The Balaban J connectivity index is 2.03. The van der Waals surface area contributed by atoms with Crippen molar-refractivity contribution in [1.29, 1.82) is 0 Å². The number of hydrogen-bond donors (Lipinski definition) is 2. The molecule has 6 heteroatoms. The molecule has 1 aromatic carbocycles. The van der Waals surface area contributed by atoms with Crippen LogP contribution in [0, 0.1) is 11.7 Å². The number of aromatic amines is 1. The van der Waals surface area contributed by atoms with Gasteiger partial charge in [-0.25, -0.2) is 9.18 Å². The van der Waals surface area contributed by atoms with E-state index in [1.54, 1.807) is 6.07 Å². The Morgan fingerprint density at radius 2 is 2.32 bits per heavy atom. The van der Waals surface area contributed by atoms with Gasteiger partial charge < -0.3 is 20.2 Å². The molecule has 5 nitrogen and oxygen atoms in total. The van der Waals surface area contributed by atoms with Crippen molar-refractivity contribution in [1.82, 2.24) is 4.98 Å². The van der Waals surface area contributed by atoms with E-state index >= 15 is 0 Å². The number of aromatic nitrogens is 1. The lowest BCUT2D eigenvalue weighted by atomic mass is 9.88. The second kappa shape index (κ2) is 5.51. The van der Waals surface area contributed by atoms with Gasteiger partial charge in [-0.3, -0.25) is 0 Å². The normalized spacial score (nSPS) is 18.2. The third kappa shape index (κ3) is 2.28. The Morgan fingerprint density at radius 1 is 1.55 bits per heavy atom. The molecule has 118 valence electrons. The highest BCUT2D eigenvalue weighted by molar-refractivity contribution is 5.92. The lowest BCUT2D eigenvalue weighted by Crippen LogP contribution is -2.20. The average molecular weight is 306 g/mol. The summed E-state index contributed by atoms with van der Waals surface area (Å²) in [5.74, 6) is 0.174. The van der Waals surface area contributed by atoms with E-state index in [1.165, 1.54) is 13.2 Å². The Hall–Kier alpha value is -2.24. The van der Waals surface area contributed by atoms with Gasteiger partial charge in [-0.1, -0.05) is 6.92 Å². The fourth-order valence-electron chi connectivity index (χ4n) is 3.46. The topological polar surface area (TPSA) is 77.3 Å². The van der Waals surface area contributed by atoms with Crippen LogP contribution in [0.2, 0.25) is 0 Å². The number of methoxy groups -OCH3 is 1. The molecule has 0 saturated carbocycles. The first-order chi connectivity index (χ1) is 10.5. The molecular formula is C16H19FN2O3. The van der Waals surface area contributed by atoms with Crippen LogP contribution in [-0.2, 0) is 11.2 Å². The van der Waals surface area contributed by atoms with Gasteiger partial charge in [0.2, 0.25) is 0 Å². The monoisotopic (exact) mass is 306 g/mol. The summed E-state index contributed by atoms with van der Waals surface area (Å²) in [6, 6.07) is 3.13. The van der Waals surface area contributed by atoms with Crippen LogP contribution < -0.4 is 10.5 Å². The minimum Gasteiger partial charge on any atom is -0.493 e.